The highest BCUT2D eigenvalue weighted by Gasteiger charge is 2.76. The van der Waals surface area contributed by atoms with Crippen molar-refractivity contribution < 1.29 is 52.5 Å². The molecule has 0 N–H and O–H groups in total. The lowest BCUT2D eigenvalue weighted by atomic mass is 10.0. The van der Waals surface area contributed by atoms with E-state index in [1.165, 1.54) is 51.7 Å². The Bertz CT molecular complexity index is 1390. The monoisotopic (exact) mass is 690 g/mol. The van der Waals surface area contributed by atoms with Gasteiger partial charge in [0.05, 0.1) is 10.9 Å². The standard InChI is InChI=1S/C24H25S2.C5H3F9O3S/c1-4-10-20(11-5-1)25-21-16-18-24(19-17-21)26(22-12-6-2-7-13-22)23-14-8-3-9-15-23;6-2(7,1-3(8,9)10)4(11,12)5(13,14)18(15,16)17/h2-3,6-9,12-20H,1,4-5,10-11H2;1H2,(H,15,16,17)/q+1;/p-1. The maximum absolute atomic E-state index is 12.4. The Balaban J connectivity index is 0.000000260. The van der Waals surface area contributed by atoms with E-state index in [4.69, 9.17) is 0 Å². The van der Waals surface area contributed by atoms with Crippen LogP contribution in [0.1, 0.15) is 38.5 Å². The van der Waals surface area contributed by atoms with Gasteiger partial charge in [-0.2, -0.15) is 39.5 Å². The Kier molecular flexibility index (Phi) is 11.8. The zero-order valence-electron chi connectivity index (χ0n) is 22.8. The highest BCUT2D eigenvalue weighted by Crippen LogP contribution is 2.51. The molecule has 0 aromatic heterocycles. The molecule has 44 heavy (non-hydrogen) atoms. The van der Waals surface area contributed by atoms with E-state index in [1.807, 2.05) is 0 Å². The molecule has 0 unspecified atom stereocenters. The Morgan fingerprint density at radius 2 is 1.11 bits per heavy atom. The third-order valence-electron chi connectivity index (χ3n) is 6.43. The number of halogens is 9. The molecule has 3 nitrogen and oxygen atoms in total. The number of thioether (sulfide) groups is 1. The molecule has 0 heterocycles. The van der Waals surface area contributed by atoms with Gasteiger partial charge in [0.25, 0.3) is 0 Å². The van der Waals surface area contributed by atoms with Gasteiger partial charge in [-0.05, 0) is 61.4 Å². The topological polar surface area (TPSA) is 57.2 Å². The van der Waals surface area contributed by atoms with Gasteiger partial charge in [0, 0.05) is 10.1 Å². The zero-order valence-corrected chi connectivity index (χ0v) is 25.2. The maximum atomic E-state index is 12.4. The van der Waals surface area contributed by atoms with Gasteiger partial charge in [0.2, 0.25) is 0 Å². The molecule has 3 aromatic carbocycles. The first-order valence-electron chi connectivity index (χ1n) is 13.1. The van der Waals surface area contributed by atoms with Gasteiger partial charge in [-0.25, -0.2) is 8.42 Å². The fraction of sp³-hybridized carbons (Fsp3) is 0.379. The van der Waals surface area contributed by atoms with Crippen LogP contribution in [0.2, 0.25) is 0 Å². The Hall–Kier alpha value is -2.36. The molecular weight excluding hydrogens is 663 g/mol. The molecule has 0 spiro atoms. The zero-order chi connectivity index (χ0) is 32.8. The number of hydrogen-bond donors (Lipinski definition) is 0. The van der Waals surface area contributed by atoms with Crippen molar-refractivity contribution >= 4 is 32.8 Å². The maximum Gasteiger partial charge on any atom is 0.402 e. The second kappa shape index (κ2) is 14.4. The van der Waals surface area contributed by atoms with Crippen LogP contribution in [0.5, 0.6) is 0 Å². The predicted molar refractivity (Wildman–Crippen MR) is 149 cm³/mol. The first-order valence-corrected chi connectivity index (χ1v) is 16.6. The molecule has 0 amide bonds. The average Bonchev–Trinajstić information content (AvgIpc) is 2.94. The summed E-state index contributed by atoms with van der Waals surface area (Å²) in [6.45, 7) is 0. The molecular formula is C29H27F9O3S3. The smallest absolute Gasteiger partial charge is 0.402 e. The van der Waals surface area contributed by atoms with Crippen LogP contribution in [0.15, 0.2) is 105 Å². The van der Waals surface area contributed by atoms with Gasteiger partial charge in [0.1, 0.15) is 6.42 Å². The minimum atomic E-state index is -7.28. The molecule has 0 saturated heterocycles. The van der Waals surface area contributed by atoms with E-state index in [0.29, 0.717) is 0 Å². The molecule has 15 heteroatoms. The Morgan fingerprint density at radius 3 is 1.52 bits per heavy atom. The van der Waals surface area contributed by atoms with Crippen LogP contribution in [-0.4, -0.2) is 41.5 Å². The SMILES string of the molecule is O=S(=O)([O-])C(F)(F)C(F)(F)C(F)(F)CC(F)(F)F.c1ccc([S+](c2ccccc2)c2ccc(SC3CCCCC3)cc2)cc1. The van der Waals surface area contributed by atoms with E-state index in [9.17, 15) is 52.5 Å². The molecule has 1 saturated carbocycles. The number of hydrogen-bond acceptors (Lipinski definition) is 4. The molecule has 0 aliphatic heterocycles. The van der Waals surface area contributed by atoms with Crippen molar-refractivity contribution in [2.45, 2.75) is 86.6 Å². The molecule has 1 fully saturated rings. The Labute approximate surface area is 256 Å². The van der Waals surface area contributed by atoms with Crippen molar-refractivity contribution in [1.29, 1.82) is 0 Å². The third-order valence-corrected chi connectivity index (χ3v) is 10.9. The van der Waals surface area contributed by atoms with Crippen molar-refractivity contribution in [2.75, 3.05) is 0 Å². The van der Waals surface area contributed by atoms with Crippen molar-refractivity contribution in [3.63, 3.8) is 0 Å². The first kappa shape index (κ1) is 36.1. The Morgan fingerprint density at radius 1 is 0.682 bits per heavy atom. The summed E-state index contributed by atoms with van der Waals surface area (Å²) in [5, 5.41) is -6.06. The van der Waals surface area contributed by atoms with Crippen molar-refractivity contribution in [3.8, 4) is 0 Å². The number of alkyl halides is 9. The van der Waals surface area contributed by atoms with Gasteiger partial charge < -0.3 is 4.55 Å². The lowest BCUT2D eigenvalue weighted by molar-refractivity contribution is -0.309. The van der Waals surface area contributed by atoms with E-state index in [-0.39, 0.29) is 10.9 Å². The quantitative estimate of drug-likeness (QED) is 0.128. The van der Waals surface area contributed by atoms with Gasteiger partial charge >= 0.3 is 23.3 Å². The van der Waals surface area contributed by atoms with Crippen LogP contribution < -0.4 is 0 Å². The summed E-state index contributed by atoms with van der Waals surface area (Å²) < 4.78 is 138. The van der Waals surface area contributed by atoms with E-state index in [0.717, 1.165) is 5.25 Å². The number of benzene rings is 3. The minimum absolute atomic E-state index is 0.0389. The fourth-order valence-electron chi connectivity index (χ4n) is 4.28. The highest BCUT2D eigenvalue weighted by atomic mass is 32.2. The fourth-order valence-corrected chi connectivity index (χ4v) is 8.08. The molecule has 1 aliphatic carbocycles. The third kappa shape index (κ3) is 9.10. The van der Waals surface area contributed by atoms with Crippen LogP contribution in [0.25, 0.3) is 0 Å². The van der Waals surface area contributed by atoms with Crippen molar-refractivity contribution in [1.82, 2.24) is 0 Å². The van der Waals surface area contributed by atoms with E-state index >= 15 is 0 Å². The molecule has 3 aromatic rings. The predicted octanol–water partition coefficient (Wildman–Crippen LogP) is 9.55. The van der Waals surface area contributed by atoms with Crippen LogP contribution in [0, 0.1) is 0 Å². The summed E-state index contributed by atoms with van der Waals surface area (Å²) in [6, 6.07) is 31.1. The van der Waals surface area contributed by atoms with Crippen molar-refractivity contribution in [2.24, 2.45) is 0 Å². The summed E-state index contributed by atoms with van der Waals surface area (Å²) in [5.41, 5.74) is 0. The van der Waals surface area contributed by atoms with Gasteiger partial charge in [-0.15, -0.1) is 11.8 Å². The minimum Gasteiger partial charge on any atom is -0.743 e. The molecule has 0 bridgehead atoms. The average molecular weight is 691 g/mol. The lowest BCUT2D eigenvalue weighted by Crippen LogP contribution is -2.58. The molecule has 0 atom stereocenters. The molecule has 0 radical (unpaired) electrons. The molecule has 1 aliphatic rings. The summed E-state index contributed by atoms with van der Waals surface area (Å²) in [4.78, 5) is 5.58. The second-order valence-electron chi connectivity index (χ2n) is 9.82. The van der Waals surface area contributed by atoms with E-state index in [2.05, 4.69) is 96.7 Å². The lowest BCUT2D eigenvalue weighted by Gasteiger charge is -2.33. The van der Waals surface area contributed by atoms with Gasteiger partial charge in [0.15, 0.2) is 24.8 Å². The van der Waals surface area contributed by atoms with Crippen LogP contribution in [0.4, 0.5) is 39.5 Å². The van der Waals surface area contributed by atoms with Gasteiger partial charge in [-0.1, -0.05) is 55.7 Å². The normalized spacial score (nSPS) is 15.5. The van der Waals surface area contributed by atoms with Gasteiger partial charge in [-0.3, -0.25) is 0 Å². The van der Waals surface area contributed by atoms with E-state index in [1.54, 1.807) is 0 Å². The summed E-state index contributed by atoms with van der Waals surface area (Å²) in [6.07, 6.45) is -2.70. The molecule has 4 rings (SSSR count). The first-order chi connectivity index (χ1) is 20.4. The van der Waals surface area contributed by atoms with E-state index < -0.39 is 39.8 Å². The van der Waals surface area contributed by atoms with Crippen molar-refractivity contribution in [3.05, 3.63) is 84.9 Å². The van der Waals surface area contributed by atoms with Crippen LogP contribution in [-0.2, 0) is 21.0 Å². The number of rotatable bonds is 9. The largest absolute Gasteiger partial charge is 0.743 e. The van der Waals surface area contributed by atoms with Crippen LogP contribution >= 0.6 is 11.8 Å². The van der Waals surface area contributed by atoms with Crippen LogP contribution in [0.3, 0.4) is 0 Å². The second-order valence-corrected chi connectivity index (χ2v) is 14.6. The summed E-state index contributed by atoms with van der Waals surface area (Å²) >= 11 is 2.08. The summed E-state index contributed by atoms with van der Waals surface area (Å²) in [7, 11) is -7.32. The summed E-state index contributed by atoms with van der Waals surface area (Å²) in [5.74, 6) is -13.5. The molecule has 242 valence electrons. The highest BCUT2D eigenvalue weighted by molar-refractivity contribution is 8.00.